The van der Waals surface area contributed by atoms with Crippen molar-refractivity contribution in [2.24, 2.45) is 5.92 Å². The minimum Gasteiger partial charge on any atom is -0.351 e. The van der Waals surface area contributed by atoms with Gasteiger partial charge in [0.1, 0.15) is 5.82 Å². The maximum absolute atomic E-state index is 4.75. The van der Waals surface area contributed by atoms with Gasteiger partial charge in [-0.25, -0.2) is 4.98 Å². The molecule has 3 heteroatoms. The molecular weight excluding hydrogens is 246 g/mol. The van der Waals surface area contributed by atoms with Crippen LogP contribution in [0.2, 0.25) is 0 Å². The number of anilines is 1. The van der Waals surface area contributed by atoms with Crippen LogP contribution in [-0.2, 0) is 6.54 Å². The average Bonchev–Trinajstić information content (AvgIpc) is 2.67. The maximum Gasteiger partial charge on any atom is 0.129 e. The molecule has 3 nitrogen and oxygen atoms in total. The molecule has 0 bridgehead atoms. The van der Waals surface area contributed by atoms with Gasteiger partial charge in [0, 0.05) is 24.3 Å². The molecule has 0 spiro atoms. The summed E-state index contributed by atoms with van der Waals surface area (Å²) in [6.45, 7) is 14.3. The monoisotopic (exact) mass is 275 g/mol. The molecule has 0 aliphatic carbocycles. The minimum atomic E-state index is 0.240. The fraction of sp³-hybridized carbons (Fsp3) is 0.706. The predicted molar refractivity (Wildman–Crippen MR) is 86.2 cm³/mol. The number of nitrogens with one attached hydrogen (secondary N) is 1. The zero-order valence-corrected chi connectivity index (χ0v) is 13.7. The lowest BCUT2D eigenvalue weighted by Gasteiger charge is -2.33. The molecule has 0 radical (unpaired) electrons. The molecule has 1 aromatic heterocycles. The van der Waals surface area contributed by atoms with Crippen LogP contribution in [0.1, 0.15) is 51.8 Å². The molecule has 1 saturated heterocycles. The van der Waals surface area contributed by atoms with E-state index >= 15 is 0 Å². The average molecular weight is 275 g/mol. The minimum absolute atomic E-state index is 0.240. The first kappa shape index (κ1) is 15.3. The third kappa shape index (κ3) is 3.72. The molecule has 2 rings (SSSR count). The molecule has 2 heterocycles. The Balaban J connectivity index is 2.12. The highest BCUT2D eigenvalue weighted by Crippen LogP contribution is 2.32. The van der Waals surface area contributed by atoms with Crippen molar-refractivity contribution in [1.29, 1.82) is 0 Å². The van der Waals surface area contributed by atoms with Crippen LogP contribution in [0.5, 0.6) is 0 Å². The van der Waals surface area contributed by atoms with Crippen LogP contribution in [0.3, 0.4) is 0 Å². The summed E-state index contributed by atoms with van der Waals surface area (Å²) < 4.78 is 0. The summed E-state index contributed by atoms with van der Waals surface area (Å²) in [6, 6.07) is 4.45. The van der Waals surface area contributed by atoms with Crippen LogP contribution in [0, 0.1) is 12.8 Å². The van der Waals surface area contributed by atoms with Crippen molar-refractivity contribution in [1.82, 2.24) is 10.3 Å². The molecule has 1 aliphatic rings. The molecule has 0 amide bonds. The second-order valence-electron chi connectivity index (χ2n) is 7.07. The lowest BCUT2D eigenvalue weighted by Crippen LogP contribution is -2.38. The smallest absolute Gasteiger partial charge is 0.129 e. The lowest BCUT2D eigenvalue weighted by atomic mass is 10.0. The van der Waals surface area contributed by atoms with Crippen LogP contribution in [-0.4, -0.2) is 23.6 Å². The molecule has 1 N–H and O–H groups in total. The molecule has 1 aliphatic heterocycles. The Bertz CT molecular complexity index is 452. The summed E-state index contributed by atoms with van der Waals surface area (Å²) in [4.78, 5) is 7.22. The zero-order chi connectivity index (χ0) is 14.8. The number of hydrogen-bond acceptors (Lipinski definition) is 3. The highest BCUT2D eigenvalue weighted by molar-refractivity contribution is 5.46. The van der Waals surface area contributed by atoms with Gasteiger partial charge in [0.05, 0.1) is 0 Å². The third-order valence-corrected chi connectivity index (χ3v) is 4.06. The van der Waals surface area contributed by atoms with Crippen LogP contribution < -0.4 is 10.2 Å². The van der Waals surface area contributed by atoms with Gasteiger partial charge >= 0.3 is 0 Å². The molecule has 1 aromatic rings. The van der Waals surface area contributed by atoms with Gasteiger partial charge in [-0.3, -0.25) is 0 Å². The largest absolute Gasteiger partial charge is 0.351 e. The van der Waals surface area contributed by atoms with E-state index in [1.54, 1.807) is 0 Å². The van der Waals surface area contributed by atoms with E-state index in [4.69, 9.17) is 4.98 Å². The zero-order valence-electron chi connectivity index (χ0n) is 13.7. The van der Waals surface area contributed by atoms with Crippen molar-refractivity contribution in [2.75, 3.05) is 18.0 Å². The fourth-order valence-corrected chi connectivity index (χ4v) is 3.00. The van der Waals surface area contributed by atoms with Gasteiger partial charge < -0.3 is 10.2 Å². The number of pyridine rings is 1. The van der Waals surface area contributed by atoms with Crippen LogP contribution in [0.4, 0.5) is 5.82 Å². The molecule has 0 saturated carbocycles. The quantitative estimate of drug-likeness (QED) is 0.891. The van der Waals surface area contributed by atoms with Crippen LogP contribution >= 0.6 is 0 Å². The summed E-state index contributed by atoms with van der Waals surface area (Å²) in [6.07, 6.45) is 2.52. The SMILES string of the molecule is Cc1cc(CNCC(C)C)cc(N2CCCC2(C)C)n1. The van der Waals surface area contributed by atoms with E-state index in [9.17, 15) is 0 Å². The Morgan fingerprint density at radius 3 is 2.70 bits per heavy atom. The van der Waals surface area contributed by atoms with E-state index in [1.165, 1.54) is 18.4 Å². The van der Waals surface area contributed by atoms with Gasteiger partial charge in [0.25, 0.3) is 0 Å². The number of rotatable bonds is 5. The van der Waals surface area contributed by atoms with Gasteiger partial charge in [-0.2, -0.15) is 0 Å². The summed E-state index contributed by atoms with van der Waals surface area (Å²) in [5.41, 5.74) is 2.70. The number of nitrogens with zero attached hydrogens (tertiary/aromatic N) is 2. The standard InChI is InChI=1S/C17H29N3/c1-13(2)11-18-12-15-9-14(3)19-16(10-15)20-8-6-7-17(20,4)5/h9-10,13,18H,6-8,11-12H2,1-5H3. The number of hydrogen-bond donors (Lipinski definition) is 1. The van der Waals surface area contributed by atoms with Crippen molar-refractivity contribution in [3.8, 4) is 0 Å². The Kier molecular flexibility index (Phi) is 4.69. The third-order valence-electron chi connectivity index (χ3n) is 4.06. The summed E-state index contributed by atoms with van der Waals surface area (Å²) >= 11 is 0. The van der Waals surface area contributed by atoms with E-state index in [0.29, 0.717) is 5.92 Å². The molecule has 0 atom stereocenters. The Morgan fingerprint density at radius 1 is 1.35 bits per heavy atom. The maximum atomic E-state index is 4.75. The molecule has 0 aromatic carbocycles. The molecule has 0 unspecified atom stereocenters. The van der Waals surface area contributed by atoms with Crippen molar-refractivity contribution >= 4 is 5.82 Å². The van der Waals surface area contributed by atoms with Crippen LogP contribution in [0.25, 0.3) is 0 Å². The summed E-state index contributed by atoms with van der Waals surface area (Å²) in [5.74, 6) is 1.84. The highest BCUT2D eigenvalue weighted by Gasteiger charge is 2.32. The normalized spacial score (nSPS) is 18.0. The number of aromatic nitrogens is 1. The van der Waals surface area contributed by atoms with E-state index < -0.39 is 0 Å². The first-order chi connectivity index (χ1) is 9.38. The summed E-state index contributed by atoms with van der Waals surface area (Å²) in [5, 5.41) is 3.52. The second kappa shape index (κ2) is 6.13. The first-order valence-electron chi connectivity index (χ1n) is 7.84. The number of aryl methyl sites for hydroxylation is 1. The van der Waals surface area contributed by atoms with Gasteiger partial charge in [0.2, 0.25) is 0 Å². The Morgan fingerprint density at radius 2 is 2.10 bits per heavy atom. The molecular formula is C17H29N3. The predicted octanol–water partition coefficient (Wildman–Crippen LogP) is 3.51. The van der Waals surface area contributed by atoms with Crippen molar-refractivity contribution in [3.05, 3.63) is 23.4 Å². The molecule has 1 fully saturated rings. The van der Waals surface area contributed by atoms with Crippen molar-refractivity contribution in [3.63, 3.8) is 0 Å². The van der Waals surface area contributed by atoms with Gasteiger partial charge in [0.15, 0.2) is 0 Å². The van der Waals surface area contributed by atoms with E-state index in [2.05, 4.69) is 57.0 Å². The topological polar surface area (TPSA) is 28.2 Å². The Hall–Kier alpha value is -1.09. The van der Waals surface area contributed by atoms with Gasteiger partial charge in [-0.1, -0.05) is 13.8 Å². The van der Waals surface area contributed by atoms with Gasteiger partial charge in [-0.15, -0.1) is 0 Å². The van der Waals surface area contributed by atoms with E-state index in [-0.39, 0.29) is 5.54 Å². The molecule has 20 heavy (non-hydrogen) atoms. The second-order valence-corrected chi connectivity index (χ2v) is 7.07. The highest BCUT2D eigenvalue weighted by atomic mass is 15.3. The fourth-order valence-electron chi connectivity index (χ4n) is 3.00. The van der Waals surface area contributed by atoms with Gasteiger partial charge in [-0.05, 0) is 63.8 Å². The van der Waals surface area contributed by atoms with E-state index in [0.717, 1.165) is 31.1 Å². The van der Waals surface area contributed by atoms with Crippen LogP contribution in [0.15, 0.2) is 12.1 Å². The lowest BCUT2D eigenvalue weighted by molar-refractivity contribution is 0.513. The molecule has 112 valence electrons. The van der Waals surface area contributed by atoms with Crippen molar-refractivity contribution < 1.29 is 0 Å². The van der Waals surface area contributed by atoms with E-state index in [1.807, 2.05) is 0 Å². The Labute approximate surface area is 123 Å². The van der Waals surface area contributed by atoms with Crippen molar-refractivity contribution in [2.45, 2.75) is 59.5 Å². The summed E-state index contributed by atoms with van der Waals surface area (Å²) in [7, 11) is 0. The first-order valence-corrected chi connectivity index (χ1v) is 7.84.